The predicted octanol–water partition coefficient (Wildman–Crippen LogP) is 0.994. The molecule has 1 atom stereocenters. The number of nitrogens with one attached hydrogen (secondary N) is 1. The number of aliphatic hydroxyl groups excluding tert-OH is 1. The molecule has 0 aliphatic rings. The van der Waals surface area contributed by atoms with Gasteiger partial charge in [0.2, 0.25) is 6.54 Å². The van der Waals surface area contributed by atoms with Crippen molar-refractivity contribution in [1.29, 1.82) is 5.41 Å². The SMILES string of the molecule is N=Cc1ccc(C(O)C[N+](=O)[O-])cc1. The number of hydrogen-bond donors (Lipinski definition) is 2. The zero-order valence-electron chi connectivity index (χ0n) is 7.38. The van der Waals surface area contributed by atoms with Crippen LogP contribution in [-0.4, -0.2) is 22.8 Å². The molecule has 1 aromatic carbocycles. The summed E-state index contributed by atoms with van der Waals surface area (Å²) in [5.74, 6) is 0. The van der Waals surface area contributed by atoms with E-state index in [4.69, 9.17) is 5.41 Å². The summed E-state index contributed by atoms with van der Waals surface area (Å²) in [6, 6.07) is 6.42. The maximum absolute atomic E-state index is 10.1. The molecule has 0 aromatic heterocycles. The fraction of sp³-hybridized carbons (Fsp3) is 0.222. The van der Waals surface area contributed by atoms with Gasteiger partial charge in [0.05, 0.1) is 0 Å². The molecule has 0 saturated heterocycles. The van der Waals surface area contributed by atoms with Gasteiger partial charge in [-0.15, -0.1) is 0 Å². The number of rotatable bonds is 4. The number of hydrogen-bond acceptors (Lipinski definition) is 4. The third-order valence-electron chi connectivity index (χ3n) is 1.81. The fourth-order valence-electron chi connectivity index (χ4n) is 1.06. The largest absolute Gasteiger partial charge is 0.382 e. The zero-order valence-corrected chi connectivity index (χ0v) is 7.38. The van der Waals surface area contributed by atoms with E-state index in [1.807, 2.05) is 0 Å². The van der Waals surface area contributed by atoms with Gasteiger partial charge < -0.3 is 10.5 Å². The molecule has 0 fully saturated rings. The molecule has 14 heavy (non-hydrogen) atoms. The van der Waals surface area contributed by atoms with Crippen molar-refractivity contribution in [2.24, 2.45) is 0 Å². The molecule has 0 aliphatic heterocycles. The van der Waals surface area contributed by atoms with E-state index in [9.17, 15) is 15.2 Å². The summed E-state index contributed by atoms with van der Waals surface area (Å²) in [7, 11) is 0. The Morgan fingerprint density at radius 2 is 2.07 bits per heavy atom. The van der Waals surface area contributed by atoms with Gasteiger partial charge in [0, 0.05) is 11.1 Å². The van der Waals surface area contributed by atoms with Gasteiger partial charge >= 0.3 is 0 Å². The molecule has 0 aliphatic carbocycles. The van der Waals surface area contributed by atoms with Crippen molar-refractivity contribution in [3.63, 3.8) is 0 Å². The first kappa shape index (κ1) is 10.3. The van der Waals surface area contributed by atoms with Gasteiger partial charge in [-0.1, -0.05) is 24.3 Å². The maximum Gasteiger partial charge on any atom is 0.233 e. The molecule has 0 saturated carbocycles. The van der Waals surface area contributed by atoms with Crippen molar-refractivity contribution in [1.82, 2.24) is 0 Å². The Bertz CT molecular complexity index is 334. The van der Waals surface area contributed by atoms with Crippen LogP contribution in [0.15, 0.2) is 24.3 Å². The quantitative estimate of drug-likeness (QED) is 0.425. The Hall–Kier alpha value is -1.75. The van der Waals surface area contributed by atoms with Crippen molar-refractivity contribution in [2.45, 2.75) is 6.10 Å². The highest BCUT2D eigenvalue weighted by Gasteiger charge is 2.13. The van der Waals surface area contributed by atoms with E-state index in [1.165, 1.54) is 6.21 Å². The van der Waals surface area contributed by atoms with Gasteiger partial charge in [0.15, 0.2) is 0 Å². The highest BCUT2D eigenvalue weighted by Crippen LogP contribution is 2.13. The molecule has 1 unspecified atom stereocenters. The Kier molecular flexibility index (Phi) is 3.30. The van der Waals surface area contributed by atoms with Crippen LogP contribution in [0.3, 0.4) is 0 Å². The average Bonchev–Trinajstić information content (AvgIpc) is 2.17. The first-order valence-electron chi connectivity index (χ1n) is 4.04. The molecular formula is C9H10N2O3. The molecule has 0 radical (unpaired) electrons. The minimum atomic E-state index is -1.08. The van der Waals surface area contributed by atoms with Crippen LogP contribution in [0.4, 0.5) is 0 Å². The lowest BCUT2D eigenvalue weighted by atomic mass is 10.1. The van der Waals surface area contributed by atoms with Gasteiger partial charge in [-0.3, -0.25) is 10.1 Å². The van der Waals surface area contributed by atoms with Crippen LogP contribution < -0.4 is 0 Å². The van der Waals surface area contributed by atoms with E-state index in [0.717, 1.165) is 0 Å². The average molecular weight is 194 g/mol. The Morgan fingerprint density at radius 3 is 2.50 bits per heavy atom. The molecule has 2 N–H and O–H groups in total. The number of nitro groups is 1. The smallest absolute Gasteiger partial charge is 0.233 e. The van der Waals surface area contributed by atoms with E-state index in [-0.39, 0.29) is 0 Å². The summed E-state index contributed by atoms with van der Waals surface area (Å²) in [5, 5.41) is 26.4. The van der Waals surface area contributed by atoms with Crippen LogP contribution in [0.2, 0.25) is 0 Å². The van der Waals surface area contributed by atoms with Gasteiger partial charge in [0.25, 0.3) is 0 Å². The number of nitrogens with zero attached hydrogens (tertiary/aromatic N) is 1. The summed E-state index contributed by atoms with van der Waals surface area (Å²) >= 11 is 0. The molecule has 0 heterocycles. The second-order valence-corrected chi connectivity index (χ2v) is 2.84. The maximum atomic E-state index is 10.1. The van der Waals surface area contributed by atoms with Crippen LogP contribution in [-0.2, 0) is 0 Å². The molecule has 0 amide bonds. The highest BCUT2D eigenvalue weighted by atomic mass is 16.6. The zero-order chi connectivity index (χ0) is 10.6. The molecule has 5 nitrogen and oxygen atoms in total. The normalized spacial score (nSPS) is 12.1. The molecular weight excluding hydrogens is 184 g/mol. The summed E-state index contributed by atoms with van der Waals surface area (Å²) in [6.07, 6.45) is 0.0914. The molecule has 0 spiro atoms. The summed E-state index contributed by atoms with van der Waals surface area (Å²) < 4.78 is 0. The van der Waals surface area contributed by atoms with Crippen LogP contribution in [0, 0.1) is 15.5 Å². The van der Waals surface area contributed by atoms with E-state index >= 15 is 0 Å². The summed E-state index contributed by atoms with van der Waals surface area (Å²) in [5.41, 5.74) is 1.19. The highest BCUT2D eigenvalue weighted by molar-refractivity contribution is 5.76. The van der Waals surface area contributed by atoms with Crippen LogP contribution in [0.1, 0.15) is 17.2 Å². The fourth-order valence-corrected chi connectivity index (χ4v) is 1.06. The van der Waals surface area contributed by atoms with E-state index in [1.54, 1.807) is 24.3 Å². The first-order chi connectivity index (χ1) is 6.63. The van der Waals surface area contributed by atoms with Crippen molar-refractivity contribution < 1.29 is 10.0 Å². The van der Waals surface area contributed by atoms with Crippen molar-refractivity contribution in [2.75, 3.05) is 6.54 Å². The van der Waals surface area contributed by atoms with Gasteiger partial charge in [0.1, 0.15) is 6.10 Å². The van der Waals surface area contributed by atoms with Gasteiger partial charge in [-0.25, -0.2) is 0 Å². The van der Waals surface area contributed by atoms with E-state index in [2.05, 4.69) is 0 Å². The second kappa shape index (κ2) is 4.48. The number of benzene rings is 1. The predicted molar refractivity (Wildman–Crippen MR) is 51.1 cm³/mol. The minimum absolute atomic E-state index is 0.493. The Morgan fingerprint density at radius 1 is 1.50 bits per heavy atom. The summed E-state index contributed by atoms with van der Waals surface area (Å²) in [6.45, 7) is -0.496. The molecule has 1 rings (SSSR count). The lowest BCUT2D eigenvalue weighted by Crippen LogP contribution is -2.11. The second-order valence-electron chi connectivity index (χ2n) is 2.84. The van der Waals surface area contributed by atoms with E-state index in [0.29, 0.717) is 11.1 Å². The Labute approximate surface area is 80.7 Å². The molecule has 5 heteroatoms. The lowest BCUT2D eigenvalue weighted by molar-refractivity contribution is -0.491. The van der Waals surface area contributed by atoms with Crippen LogP contribution in [0.5, 0.6) is 0 Å². The van der Waals surface area contributed by atoms with Crippen LogP contribution >= 0.6 is 0 Å². The molecule has 1 aromatic rings. The Balaban J connectivity index is 2.75. The van der Waals surface area contributed by atoms with Gasteiger partial charge in [-0.2, -0.15) is 0 Å². The monoisotopic (exact) mass is 194 g/mol. The van der Waals surface area contributed by atoms with Gasteiger partial charge in [-0.05, 0) is 11.1 Å². The van der Waals surface area contributed by atoms with Crippen molar-refractivity contribution >= 4 is 6.21 Å². The molecule has 74 valence electrons. The van der Waals surface area contributed by atoms with E-state index < -0.39 is 17.6 Å². The third-order valence-corrected chi connectivity index (χ3v) is 1.81. The minimum Gasteiger partial charge on any atom is -0.382 e. The van der Waals surface area contributed by atoms with Crippen LogP contribution in [0.25, 0.3) is 0 Å². The first-order valence-corrected chi connectivity index (χ1v) is 4.04. The lowest BCUT2D eigenvalue weighted by Gasteiger charge is -2.05. The summed E-state index contributed by atoms with van der Waals surface area (Å²) in [4.78, 5) is 9.56. The van der Waals surface area contributed by atoms with Crippen molar-refractivity contribution in [3.05, 3.63) is 45.5 Å². The third kappa shape index (κ3) is 2.63. The van der Waals surface area contributed by atoms with Crippen molar-refractivity contribution in [3.8, 4) is 0 Å². The topological polar surface area (TPSA) is 87.2 Å². The molecule has 0 bridgehead atoms. The number of aliphatic hydroxyl groups is 1. The standard InChI is InChI=1S/C9H10N2O3/c10-5-7-1-3-8(4-2-7)9(12)6-11(13)14/h1-5,9-10,12H,6H2.